The summed E-state index contributed by atoms with van der Waals surface area (Å²) in [6.45, 7) is 3.77. The Kier molecular flexibility index (Phi) is 5.19. The Morgan fingerprint density at radius 1 is 1.13 bits per heavy atom. The lowest BCUT2D eigenvalue weighted by Crippen LogP contribution is -2.08. The van der Waals surface area contributed by atoms with Crippen LogP contribution in [-0.4, -0.2) is 20.7 Å². The Bertz CT molecular complexity index is 266. The number of unbranched alkanes of at least 4 members (excludes halogenated alkanes) is 1. The summed E-state index contributed by atoms with van der Waals surface area (Å²) in [6.07, 6.45) is 2.34. The van der Waals surface area contributed by atoms with Gasteiger partial charge in [-0.05, 0) is 24.1 Å². The van der Waals surface area contributed by atoms with Crippen LogP contribution < -0.4 is 4.90 Å². The third kappa shape index (κ3) is 4.34. The van der Waals surface area contributed by atoms with Gasteiger partial charge in [-0.2, -0.15) is 0 Å². The molecule has 0 N–H and O–H groups in total. The molecule has 0 aliphatic rings. The van der Waals surface area contributed by atoms with Gasteiger partial charge in [-0.25, -0.2) is 0 Å². The lowest BCUT2D eigenvalue weighted by Gasteiger charge is -2.12. The molecule has 0 aliphatic heterocycles. The van der Waals surface area contributed by atoms with E-state index in [0.29, 0.717) is 0 Å². The van der Waals surface area contributed by atoms with Gasteiger partial charge in [-0.3, -0.25) is 0 Å². The first-order valence-corrected chi connectivity index (χ1v) is 5.58. The summed E-state index contributed by atoms with van der Waals surface area (Å²) in [5.41, 5.74) is 2.48. The summed E-state index contributed by atoms with van der Waals surface area (Å²) in [6, 6.07) is 8.50. The third-order valence-corrected chi connectivity index (χ3v) is 2.36. The fraction of sp³-hybridized carbons (Fsp3) is 0.538. The van der Waals surface area contributed by atoms with Crippen LogP contribution in [0.3, 0.4) is 0 Å². The van der Waals surface area contributed by atoms with E-state index in [2.05, 4.69) is 36.1 Å². The molecule has 0 bridgehead atoms. The Morgan fingerprint density at radius 3 is 2.33 bits per heavy atom. The topological polar surface area (TPSA) is 12.5 Å². The van der Waals surface area contributed by atoms with Crippen LogP contribution in [-0.2, 0) is 11.3 Å². The van der Waals surface area contributed by atoms with Crippen LogP contribution in [0.25, 0.3) is 0 Å². The molecule has 0 atom stereocenters. The van der Waals surface area contributed by atoms with Crippen LogP contribution >= 0.6 is 0 Å². The van der Waals surface area contributed by atoms with Crippen molar-refractivity contribution in [3.05, 3.63) is 29.8 Å². The van der Waals surface area contributed by atoms with Crippen LogP contribution in [0.15, 0.2) is 24.3 Å². The summed E-state index contributed by atoms with van der Waals surface area (Å²) >= 11 is 0. The van der Waals surface area contributed by atoms with Crippen molar-refractivity contribution in [3.63, 3.8) is 0 Å². The molecular formula is C13H21NO. The first-order chi connectivity index (χ1) is 7.24. The quantitative estimate of drug-likeness (QED) is 0.665. The molecule has 15 heavy (non-hydrogen) atoms. The zero-order chi connectivity index (χ0) is 11.1. The monoisotopic (exact) mass is 207 g/mol. The van der Waals surface area contributed by atoms with Gasteiger partial charge >= 0.3 is 0 Å². The first kappa shape index (κ1) is 12.1. The first-order valence-electron chi connectivity index (χ1n) is 5.58. The smallest absolute Gasteiger partial charge is 0.0716 e. The molecule has 1 rings (SSSR count). The number of rotatable bonds is 6. The number of nitrogens with zero attached hydrogens (tertiary/aromatic N) is 1. The van der Waals surface area contributed by atoms with E-state index in [9.17, 15) is 0 Å². The molecule has 0 spiro atoms. The van der Waals surface area contributed by atoms with Gasteiger partial charge in [-0.15, -0.1) is 0 Å². The molecule has 84 valence electrons. The maximum atomic E-state index is 5.55. The highest BCUT2D eigenvalue weighted by Crippen LogP contribution is 2.12. The molecule has 1 aromatic rings. The van der Waals surface area contributed by atoms with Crippen LogP contribution in [0.2, 0.25) is 0 Å². The molecule has 0 saturated heterocycles. The van der Waals surface area contributed by atoms with Gasteiger partial charge in [0.05, 0.1) is 6.61 Å². The second kappa shape index (κ2) is 6.46. The Labute approximate surface area is 92.9 Å². The Morgan fingerprint density at radius 2 is 1.80 bits per heavy atom. The van der Waals surface area contributed by atoms with E-state index in [1.807, 2.05) is 14.1 Å². The molecule has 0 amide bonds. The van der Waals surface area contributed by atoms with Crippen LogP contribution in [0, 0.1) is 0 Å². The highest BCUT2D eigenvalue weighted by Gasteiger charge is 1.96. The maximum Gasteiger partial charge on any atom is 0.0716 e. The largest absolute Gasteiger partial charge is 0.378 e. The van der Waals surface area contributed by atoms with Crippen LogP contribution in [0.1, 0.15) is 25.3 Å². The van der Waals surface area contributed by atoms with Crippen molar-refractivity contribution >= 4 is 5.69 Å². The van der Waals surface area contributed by atoms with Crippen molar-refractivity contribution in [1.82, 2.24) is 0 Å². The van der Waals surface area contributed by atoms with Crippen molar-refractivity contribution in [2.24, 2.45) is 0 Å². The van der Waals surface area contributed by atoms with Gasteiger partial charge in [0, 0.05) is 26.4 Å². The number of anilines is 1. The van der Waals surface area contributed by atoms with Crippen molar-refractivity contribution in [2.45, 2.75) is 26.4 Å². The van der Waals surface area contributed by atoms with Gasteiger partial charge in [0.15, 0.2) is 0 Å². The lowest BCUT2D eigenvalue weighted by molar-refractivity contribution is 0.118. The molecule has 0 aliphatic carbocycles. The molecule has 1 aromatic carbocycles. The molecule has 2 heteroatoms. The highest BCUT2D eigenvalue weighted by atomic mass is 16.5. The maximum absolute atomic E-state index is 5.55. The average Bonchev–Trinajstić information content (AvgIpc) is 2.25. The molecule has 0 aromatic heterocycles. The van der Waals surface area contributed by atoms with E-state index in [4.69, 9.17) is 4.74 Å². The lowest BCUT2D eigenvalue weighted by atomic mass is 10.2. The number of hydrogen-bond acceptors (Lipinski definition) is 2. The summed E-state index contributed by atoms with van der Waals surface area (Å²) < 4.78 is 5.55. The zero-order valence-electron chi connectivity index (χ0n) is 9.99. The summed E-state index contributed by atoms with van der Waals surface area (Å²) in [5.74, 6) is 0. The highest BCUT2D eigenvalue weighted by molar-refractivity contribution is 5.45. The van der Waals surface area contributed by atoms with E-state index >= 15 is 0 Å². The second-order valence-electron chi connectivity index (χ2n) is 3.97. The molecule has 0 heterocycles. The minimum atomic E-state index is 0.730. The standard InChI is InChI=1S/C13H21NO/c1-4-5-10-15-11-12-6-8-13(9-7-12)14(2)3/h6-9H,4-5,10-11H2,1-3H3. The fourth-order valence-electron chi connectivity index (χ4n) is 1.33. The predicted octanol–water partition coefficient (Wildman–Crippen LogP) is 3.07. The minimum Gasteiger partial charge on any atom is -0.378 e. The Balaban J connectivity index is 2.36. The van der Waals surface area contributed by atoms with Crippen molar-refractivity contribution in [1.29, 1.82) is 0 Å². The van der Waals surface area contributed by atoms with Gasteiger partial charge in [0.2, 0.25) is 0 Å². The van der Waals surface area contributed by atoms with Gasteiger partial charge in [-0.1, -0.05) is 25.5 Å². The molecule has 0 fully saturated rings. The van der Waals surface area contributed by atoms with E-state index in [1.54, 1.807) is 0 Å². The predicted molar refractivity (Wildman–Crippen MR) is 65.3 cm³/mol. The van der Waals surface area contributed by atoms with Gasteiger partial charge < -0.3 is 9.64 Å². The van der Waals surface area contributed by atoms with E-state index < -0.39 is 0 Å². The molecule has 0 saturated carbocycles. The second-order valence-corrected chi connectivity index (χ2v) is 3.97. The number of ether oxygens (including phenoxy) is 1. The van der Waals surface area contributed by atoms with E-state index in [-0.39, 0.29) is 0 Å². The van der Waals surface area contributed by atoms with Crippen LogP contribution in [0.5, 0.6) is 0 Å². The van der Waals surface area contributed by atoms with Gasteiger partial charge in [0.25, 0.3) is 0 Å². The average molecular weight is 207 g/mol. The molecular weight excluding hydrogens is 186 g/mol. The minimum absolute atomic E-state index is 0.730. The SMILES string of the molecule is CCCCOCc1ccc(N(C)C)cc1. The van der Waals surface area contributed by atoms with Crippen molar-refractivity contribution < 1.29 is 4.74 Å². The molecule has 0 unspecified atom stereocenters. The van der Waals surface area contributed by atoms with Gasteiger partial charge in [0.1, 0.15) is 0 Å². The summed E-state index contributed by atoms with van der Waals surface area (Å²) in [5, 5.41) is 0. The van der Waals surface area contributed by atoms with Crippen molar-refractivity contribution in [2.75, 3.05) is 25.6 Å². The zero-order valence-corrected chi connectivity index (χ0v) is 9.99. The number of benzene rings is 1. The number of hydrogen-bond donors (Lipinski definition) is 0. The van der Waals surface area contributed by atoms with E-state index in [0.717, 1.165) is 19.6 Å². The Hall–Kier alpha value is -1.02. The van der Waals surface area contributed by atoms with E-state index in [1.165, 1.54) is 17.7 Å². The summed E-state index contributed by atoms with van der Waals surface area (Å²) in [4.78, 5) is 2.10. The molecule has 0 radical (unpaired) electrons. The third-order valence-electron chi connectivity index (χ3n) is 2.36. The molecule has 2 nitrogen and oxygen atoms in total. The summed E-state index contributed by atoms with van der Waals surface area (Å²) in [7, 11) is 4.10. The van der Waals surface area contributed by atoms with Crippen LogP contribution in [0.4, 0.5) is 5.69 Å². The fourth-order valence-corrected chi connectivity index (χ4v) is 1.33. The normalized spacial score (nSPS) is 10.3. The van der Waals surface area contributed by atoms with Crippen molar-refractivity contribution in [3.8, 4) is 0 Å².